The maximum absolute atomic E-state index is 12.3. The average molecular weight is 317 g/mol. The molecule has 2 rings (SSSR count). The molecule has 2 aromatic carbocycles. The Morgan fingerprint density at radius 3 is 2.57 bits per heavy atom. The largest absolute Gasteiger partial charge is 0.280 e. The summed E-state index contributed by atoms with van der Waals surface area (Å²) in [5, 5.41) is 8.88. The van der Waals surface area contributed by atoms with Gasteiger partial charge in [0, 0.05) is 5.56 Å². The van der Waals surface area contributed by atoms with E-state index in [4.69, 9.17) is 23.3 Å². The number of nitriles is 1. The second kappa shape index (κ2) is 5.88. The van der Waals surface area contributed by atoms with Crippen LogP contribution in [0.2, 0.25) is 5.02 Å². The van der Waals surface area contributed by atoms with Gasteiger partial charge in [-0.05, 0) is 36.4 Å². The Labute approximate surface area is 128 Å². The Morgan fingerprint density at radius 1 is 1.14 bits per heavy atom. The summed E-state index contributed by atoms with van der Waals surface area (Å²) in [5.74, 6) is 2.42. The van der Waals surface area contributed by atoms with Crippen LogP contribution in [0.25, 0.3) is 0 Å². The summed E-state index contributed by atoms with van der Waals surface area (Å²) in [7, 11) is -3.90. The maximum atomic E-state index is 12.3. The highest BCUT2D eigenvalue weighted by atomic mass is 35.5. The highest BCUT2D eigenvalue weighted by molar-refractivity contribution is 7.92. The molecule has 1 N–H and O–H groups in total. The smallest absolute Gasteiger partial charge is 0.263 e. The number of terminal acetylenes is 1. The summed E-state index contributed by atoms with van der Waals surface area (Å²) in [6.45, 7) is 0. The van der Waals surface area contributed by atoms with Gasteiger partial charge in [0.15, 0.2) is 0 Å². The molecule has 0 aliphatic heterocycles. The summed E-state index contributed by atoms with van der Waals surface area (Å²) in [6, 6.07) is 12.3. The number of halogens is 1. The lowest BCUT2D eigenvalue weighted by molar-refractivity contribution is 0.601. The Bertz CT molecular complexity index is 877. The molecule has 0 heterocycles. The van der Waals surface area contributed by atoms with E-state index in [-0.39, 0.29) is 15.5 Å². The number of nitrogens with one attached hydrogen (secondary N) is 1. The van der Waals surface area contributed by atoms with Gasteiger partial charge in [-0.15, -0.1) is 6.42 Å². The number of benzene rings is 2. The van der Waals surface area contributed by atoms with Gasteiger partial charge in [0.05, 0.1) is 22.3 Å². The van der Waals surface area contributed by atoms with E-state index >= 15 is 0 Å². The minimum absolute atomic E-state index is 0.0367. The zero-order valence-corrected chi connectivity index (χ0v) is 12.2. The lowest BCUT2D eigenvalue weighted by Gasteiger charge is -2.10. The van der Waals surface area contributed by atoms with Crippen molar-refractivity contribution in [2.24, 2.45) is 0 Å². The fourth-order valence-electron chi connectivity index (χ4n) is 1.66. The van der Waals surface area contributed by atoms with Gasteiger partial charge in [0.2, 0.25) is 0 Å². The highest BCUT2D eigenvalue weighted by Crippen LogP contribution is 2.25. The Kier molecular flexibility index (Phi) is 4.18. The van der Waals surface area contributed by atoms with Gasteiger partial charge in [0.1, 0.15) is 4.90 Å². The number of nitrogens with zero attached hydrogens (tertiary/aromatic N) is 1. The summed E-state index contributed by atoms with van der Waals surface area (Å²) in [4.78, 5) is -0.158. The molecule has 0 aromatic heterocycles. The molecule has 4 nitrogen and oxygen atoms in total. The van der Waals surface area contributed by atoms with Crippen molar-refractivity contribution in [2.75, 3.05) is 4.72 Å². The summed E-state index contributed by atoms with van der Waals surface area (Å²) in [5.41, 5.74) is 1.08. The molecule has 0 atom stereocenters. The second-order valence-corrected chi connectivity index (χ2v) is 6.15. The Morgan fingerprint density at radius 2 is 1.90 bits per heavy atom. The maximum Gasteiger partial charge on any atom is 0.263 e. The summed E-state index contributed by atoms with van der Waals surface area (Å²) < 4.78 is 27.1. The van der Waals surface area contributed by atoms with Crippen LogP contribution in [-0.2, 0) is 10.0 Å². The van der Waals surface area contributed by atoms with Gasteiger partial charge >= 0.3 is 0 Å². The van der Waals surface area contributed by atoms with Crippen molar-refractivity contribution in [3.63, 3.8) is 0 Å². The first-order chi connectivity index (χ1) is 9.96. The summed E-state index contributed by atoms with van der Waals surface area (Å²) in [6.07, 6.45) is 5.27. The number of hydrogen-bond donors (Lipinski definition) is 1. The van der Waals surface area contributed by atoms with Crippen molar-refractivity contribution in [1.29, 1.82) is 5.26 Å². The van der Waals surface area contributed by atoms with Crippen LogP contribution in [0.15, 0.2) is 47.4 Å². The van der Waals surface area contributed by atoms with Gasteiger partial charge in [-0.1, -0.05) is 23.6 Å². The van der Waals surface area contributed by atoms with Crippen LogP contribution in [0.1, 0.15) is 11.1 Å². The van der Waals surface area contributed by atoms with Crippen molar-refractivity contribution in [3.8, 4) is 18.4 Å². The van der Waals surface area contributed by atoms with Crippen LogP contribution in [-0.4, -0.2) is 8.42 Å². The third-order valence-electron chi connectivity index (χ3n) is 2.63. The van der Waals surface area contributed by atoms with Crippen LogP contribution in [0, 0.1) is 23.7 Å². The molecular formula is C15H9ClN2O2S. The fraction of sp³-hybridized carbons (Fsp3) is 0. The van der Waals surface area contributed by atoms with E-state index in [0.29, 0.717) is 11.3 Å². The van der Waals surface area contributed by atoms with E-state index in [0.717, 1.165) is 0 Å². The van der Waals surface area contributed by atoms with Gasteiger partial charge in [-0.3, -0.25) is 4.72 Å². The predicted octanol–water partition coefficient (Wildman–Crippen LogP) is 2.99. The van der Waals surface area contributed by atoms with E-state index < -0.39 is 10.0 Å². The van der Waals surface area contributed by atoms with Gasteiger partial charge < -0.3 is 0 Å². The van der Waals surface area contributed by atoms with Crippen molar-refractivity contribution >= 4 is 27.3 Å². The molecule has 2 aromatic rings. The molecule has 0 saturated carbocycles. The van der Waals surface area contributed by atoms with Crippen molar-refractivity contribution < 1.29 is 8.42 Å². The lowest BCUT2D eigenvalue weighted by Crippen LogP contribution is -2.13. The molecule has 6 heteroatoms. The summed E-state index contributed by atoms with van der Waals surface area (Å²) >= 11 is 5.90. The Hall–Kier alpha value is -2.47. The van der Waals surface area contributed by atoms with Crippen LogP contribution in [0.5, 0.6) is 0 Å². The Balaban J connectivity index is 2.44. The molecule has 0 fully saturated rings. The molecule has 104 valence electrons. The third-order valence-corrected chi connectivity index (χ3v) is 4.49. The average Bonchev–Trinajstić information content (AvgIpc) is 2.47. The molecule has 0 aliphatic carbocycles. The van der Waals surface area contributed by atoms with Crippen LogP contribution < -0.4 is 4.72 Å². The molecule has 21 heavy (non-hydrogen) atoms. The molecule has 0 unspecified atom stereocenters. The third kappa shape index (κ3) is 3.35. The molecule has 0 spiro atoms. The van der Waals surface area contributed by atoms with E-state index in [2.05, 4.69) is 10.6 Å². The van der Waals surface area contributed by atoms with Crippen LogP contribution in [0.3, 0.4) is 0 Å². The quantitative estimate of drug-likeness (QED) is 0.885. The first-order valence-corrected chi connectivity index (χ1v) is 7.61. The number of hydrogen-bond acceptors (Lipinski definition) is 3. The van der Waals surface area contributed by atoms with Crippen LogP contribution in [0.4, 0.5) is 5.69 Å². The van der Waals surface area contributed by atoms with Crippen molar-refractivity contribution in [3.05, 3.63) is 58.6 Å². The normalized spacial score (nSPS) is 10.4. The molecule has 0 bridgehead atoms. The van der Waals surface area contributed by atoms with Gasteiger partial charge in [0.25, 0.3) is 10.0 Å². The SMILES string of the molecule is C#Cc1cccc(NS(=O)(=O)c2cc(C#N)ccc2Cl)c1. The second-order valence-electron chi connectivity index (χ2n) is 4.09. The lowest BCUT2D eigenvalue weighted by atomic mass is 10.2. The molecule has 0 radical (unpaired) electrons. The minimum Gasteiger partial charge on any atom is -0.280 e. The molecule has 0 aliphatic rings. The first-order valence-electron chi connectivity index (χ1n) is 5.75. The van der Waals surface area contributed by atoms with Crippen molar-refractivity contribution in [2.45, 2.75) is 4.90 Å². The van der Waals surface area contributed by atoms with Gasteiger partial charge in [-0.25, -0.2) is 8.42 Å². The fourth-order valence-corrected chi connectivity index (χ4v) is 3.24. The molecular weight excluding hydrogens is 308 g/mol. The standard InChI is InChI=1S/C15H9ClN2O2S/c1-2-11-4-3-5-13(8-11)18-21(19,20)15-9-12(10-17)6-7-14(15)16/h1,3-9,18H. The van der Waals surface area contributed by atoms with E-state index in [9.17, 15) is 8.42 Å². The monoisotopic (exact) mass is 316 g/mol. The van der Waals surface area contributed by atoms with E-state index in [1.165, 1.54) is 24.3 Å². The minimum atomic E-state index is -3.90. The zero-order valence-electron chi connectivity index (χ0n) is 10.7. The predicted molar refractivity (Wildman–Crippen MR) is 81.4 cm³/mol. The van der Waals surface area contributed by atoms with E-state index in [1.807, 2.05) is 6.07 Å². The first kappa shape index (κ1) is 14.9. The molecule has 0 amide bonds. The number of anilines is 1. The van der Waals surface area contributed by atoms with Crippen LogP contribution >= 0.6 is 11.6 Å². The molecule has 0 saturated heterocycles. The van der Waals surface area contributed by atoms with Gasteiger partial charge in [-0.2, -0.15) is 5.26 Å². The van der Waals surface area contributed by atoms with E-state index in [1.54, 1.807) is 18.2 Å². The topological polar surface area (TPSA) is 70.0 Å². The zero-order chi connectivity index (χ0) is 15.5. The highest BCUT2D eigenvalue weighted by Gasteiger charge is 2.18. The number of rotatable bonds is 3. The number of sulfonamides is 1. The van der Waals surface area contributed by atoms with Crippen molar-refractivity contribution in [1.82, 2.24) is 0 Å².